The van der Waals surface area contributed by atoms with Gasteiger partial charge >= 0.3 is 0 Å². The van der Waals surface area contributed by atoms with E-state index in [0.29, 0.717) is 19.4 Å². The highest BCUT2D eigenvalue weighted by molar-refractivity contribution is 5.41. The second-order valence-corrected chi connectivity index (χ2v) is 10.7. The van der Waals surface area contributed by atoms with Gasteiger partial charge in [-0.05, 0) is 42.2 Å². The topological polar surface area (TPSA) is 29.5 Å². The van der Waals surface area contributed by atoms with Gasteiger partial charge in [-0.25, -0.2) is 0 Å². The molecule has 0 saturated carbocycles. The predicted molar refractivity (Wildman–Crippen MR) is 146 cm³/mol. The van der Waals surface area contributed by atoms with Crippen LogP contribution in [-0.2, 0) is 10.2 Å². The first kappa shape index (κ1) is 28.3. The van der Waals surface area contributed by atoms with Crippen LogP contribution in [0.5, 0.6) is 0 Å². The lowest BCUT2D eigenvalue weighted by atomic mass is 9.57. The molecule has 2 heteroatoms. The fourth-order valence-corrected chi connectivity index (χ4v) is 5.25. The summed E-state index contributed by atoms with van der Waals surface area (Å²) >= 11 is 0. The maximum Gasteiger partial charge on any atom is 0.0596 e. The Morgan fingerprint density at radius 1 is 0.765 bits per heavy atom. The third-order valence-corrected chi connectivity index (χ3v) is 7.19. The summed E-state index contributed by atoms with van der Waals surface area (Å²) < 4.78 is 5.65. The number of benzene rings is 2. The third-order valence-electron chi connectivity index (χ3n) is 7.19. The molecule has 1 atom stereocenters. The second kappa shape index (κ2) is 15.2. The molecule has 0 aliphatic carbocycles. The van der Waals surface area contributed by atoms with Gasteiger partial charge in [0, 0.05) is 18.6 Å². The number of hydrogen-bond acceptors (Lipinski definition) is 2. The van der Waals surface area contributed by atoms with E-state index in [1.54, 1.807) is 6.08 Å². The van der Waals surface area contributed by atoms with E-state index in [2.05, 4.69) is 88.0 Å². The van der Waals surface area contributed by atoms with Crippen LogP contribution in [0.2, 0.25) is 0 Å². The molecule has 2 rings (SSSR count). The fraction of sp³-hybridized carbons (Fsp3) is 0.562. The van der Waals surface area contributed by atoms with Crippen LogP contribution in [0.3, 0.4) is 0 Å². The smallest absolute Gasteiger partial charge is 0.0596 e. The Bertz CT molecular complexity index is 736. The van der Waals surface area contributed by atoms with Gasteiger partial charge in [0.2, 0.25) is 0 Å². The van der Waals surface area contributed by atoms with Crippen molar-refractivity contribution in [3.05, 3.63) is 84.4 Å². The molecule has 0 heterocycles. The first-order valence-electron chi connectivity index (χ1n) is 13.4. The molecular formula is C32H48O2. The highest BCUT2D eigenvalue weighted by Gasteiger charge is 2.44. The van der Waals surface area contributed by atoms with E-state index in [1.165, 1.54) is 56.1 Å². The second-order valence-electron chi connectivity index (χ2n) is 10.7. The first-order chi connectivity index (χ1) is 16.4. The maximum atomic E-state index is 9.67. The van der Waals surface area contributed by atoms with Crippen molar-refractivity contribution in [2.75, 3.05) is 13.2 Å². The highest BCUT2D eigenvalue weighted by atomic mass is 16.5. The summed E-state index contributed by atoms with van der Waals surface area (Å²) in [5, 5.41) is 9.67. The Labute approximate surface area is 209 Å². The van der Waals surface area contributed by atoms with E-state index in [-0.39, 0.29) is 16.9 Å². The number of aliphatic hydroxyl groups excluding tert-OH is 1. The van der Waals surface area contributed by atoms with Gasteiger partial charge in [0.15, 0.2) is 0 Å². The van der Waals surface area contributed by atoms with Gasteiger partial charge in [0.05, 0.1) is 6.10 Å². The molecule has 0 saturated heterocycles. The monoisotopic (exact) mass is 464 g/mol. The van der Waals surface area contributed by atoms with E-state index in [0.717, 1.165) is 13.0 Å². The zero-order valence-corrected chi connectivity index (χ0v) is 22.0. The van der Waals surface area contributed by atoms with Crippen LogP contribution in [0.1, 0.15) is 96.1 Å². The van der Waals surface area contributed by atoms with Crippen molar-refractivity contribution < 1.29 is 9.84 Å². The van der Waals surface area contributed by atoms with Gasteiger partial charge in [0.1, 0.15) is 0 Å². The van der Waals surface area contributed by atoms with Crippen molar-refractivity contribution >= 4 is 0 Å². The number of rotatable bonds is 17. The minimum atomic E-state index is -0.307. The van der Waals surface area contributed by atoms with E-state index in [4.69, 9.17) is 4.74 Å². The molecule has 2 nitrogen and oxygen atoms in total. The summed E-state index contributed by atoms with van der Waals surface area (Å²) in [6.45, 7) is 12.3. The van der Waals surface area contributed by atoms with Crippen molar-refractivity contribution in [1.82, 2.24) is 0 Å². The summed E-state index contributed by atoms with van der Waals surface area (Å²) in [7, 11) is 0. The molecule has 0 fully saturated rings. The molecule has 0 aliphatic rings. The van der Waals surface area contributed by atoms with Gasteiger partial charge < -0.3 is 9.84 Å². The molecule has 0 aliphatic heterocycles. The van der Waals surface area contributed by atoms with Crippen LogP contribution in [0.4, 0.5) is 0 Å². The van der Waals surface area contributed by atoms with Crippen molar-refractivity contribution in [2.45, 2.75) is 96.5 Å². The largest absolute Gasteiger partial charge is 0.393 e. The van der Waals surface area contributed by atoms with Gasteiger partial charge in [-0.3, -0.25) is 0 Å². The third kappa shape index (κ3) is 8.71. The quantitative estimate of drug-likeness (QED) is 0.188. The van der Waals surface area contributed by atoms with Crippen LogP contribution < -0.4 is 0 Å². The SMILES string of the molecule is C=CCC(O)CCOCCCCCCCCCC(c1ccccc1)(c1ccccc1)C(C)(C)C. The minimum Gasteiger partial charge on any atom is -0.393 e. The lowest BCUT2D eigenvalue weighted by Crippen LogP contribution is -2.41. The van der Waals surface area contributed by atoms with Crippen molar-refractivity contribution in [1.29, 1.82) is 0 Å². The normalized spacial score (nSPS) is 13.1. The predicted octanol–water partition coefficient (Wildman–Crippen LogP) is 8.48. The highest BCUT2D eigenvalue weighted by Crippen LogP contribution is 2.50. The molecule has 0 spiro atoms. The average molecular weight is 465 g/mol. The molecule has 1 N–H and O–H groups in total. The summed E-state index contributed by atoms with van der Waals surface area (Å²) in [5.74, 6) is 0. The van der Waals surface area contributed by atoms with Gasteiger partial charge in [0.25, 0.3) is 0 Å². The van der Waals surface area contributed by atoms with Gasteiger partial charge in [-0.2, -0.15) is 0 Å². The van der Waals surface area contributed by atoms with Crippen LogP contribution in [-0.4, -0.2) is 24.4 Å². The van der Waals surface area contributed by atoms with Crippen molar-refractivity contribution in [2.24, 2.45) is 5.41 Å². The zero-order valence-electron chi connectivity index (χ0n) is 22.0. The molecule has 2 aromatic carbocycles. The van der Waals surface area contributed by atoms with Crippen LogP contribution in [0.25, 0.3) is 0 Å². The van der Waals surface area contributed by atoms with Crippen LogP contribution >= 0.6 is 0 Å². The van der Waals surface area contributed by atoms with Gasteiger partial charge in [-0.15, -0.1) is 6.58 Å². The standard InChI is InChI=1S/C32H48O2/c1-5-19-30(33)24-27-34-26-18-10-8-6-7-9-17-25-32(31(2,3)4,28-20-13-11-14-21-28)29-22-15-12-16-23-29/h5,11-16,20-23,30,33H,1,6-10,17-19,24-27H2,2-4H3. The molecule has 0 radical (unpaired) electrons. The molecule has 0 bridgehead atoms. The summed E-state index contributed by atoms with van der Waals surface area (Å²) in [5.41, 5.74) is 3.01. The van der Waals surface area contributed by atoms with E-state index in [9.17, 15) is 5.11 Å². The molecule has 34 heavy (non-hydrogen) atoms. The summed E-state index contributed by atoms with van der Waals surface area (Å²) in [6.07, 6.45) is 12.8. The molecule has 2 aromatic rings. The molecule has 1 unspecified atom stereocenters. The van der Waals surface area contributed by atoms with Gasteiger partial charge in [-0.1, -0.05) is 126 Å². The van der Waals surface area contributed by atoms with Crippen molar-refractivity contribution in [3.8, 4) is 0 Å². The van der Waals surface area contributed by atoms with E-state index in [1.807, 2.05) is 0 Å². The lowest BCUT2D eigenvalue weighted by molar-refractivity contribution is 0.0811. The number of unbranched alkanes of at least 4 members (excludes halogenated alkanes) is 6. The van der Waals surface area contributed by atoms with Crippen LogP contribution in [0, 0.1) is 5.41 Å². The Morgan fingerprint density at radius 2 is 1.26 bits per heavy atom. The summed E-state index contributed by atoms with van der Waals surface area (Å²) in [4.78, 5) is 0. The first-order valence-corrected chi connectivity index (χ1v) is 13.4. The number of ether oxygens (including phenoxy) is 1. The Balaban J connectivity index is 1.76. The molecule has 0 amide bonds. The fourth-order valence-electron chi connectivity index (χ4n) is 5.25. The maximum absolute atomic E-state index is 9.67. The number of aliphatic hydroxyl groups is 1. The lowest BCUT2D eigenvalue weighted by Gasteiger charge is -2.46. The Kier molecular flexibility index (Phi) is 12.6. The molecule has 188 valence electrons. The zero-order chi connectivity index (χ0) is 24.7. The Morgan fingerprint density at radius 3 is 1.76 bits per heavy atom. The number of hydrogen-bond donors (Lipinski definition) is 1. The van der Waals surface area contributed by atoms with Crippen molar-refractivity contribution in [3.63, 3.8) is 0 Å². The molecular weight excluding hydrogens is 416 g/mol. The van der Waals surface area contributed by atoms with E-state index < -0.39 is 0 Å². The van der Waals surface area contributed by atoms with E-state index >= 15 is 0 Å². The average Bonchev–Trinajstić information content (AvgIpc) is 2.83. The molecule has 0 aromatic heterocycles. The Hall–Kier alpha value is -1.90. The minimum absolute atomic E-state index is 0.0199. The summed E-state index contributed by atoms with van der Waals surface area (Å²) in [6, 6.07) is 22.3. The van der Waals surface area contributed by atoms with Crippen LogP contribution in [0.15, 0.2) is 73.3 Å².